The summed E-state index contributed by atoms with van der Waals surface area (Å²) < 4.78 is 23.8. The highest BCUT2D eigenvalue weighted by molar-refractivity contribution is 7.28. The first-order valence-electron chi connectivity index (χ1n) is 49.2. The van der Waals surface area contributed by atoms with E-state index in [-0.39, 0.29) is 0 Å². The van der Waals surface area contributed by atoms with E-state index in [1.54, 1.807) is 0 Å². The number of para-hydroxylation sites is 3. The summed E-state index contributed by atoms with van der Waals surface area (Å²) in [6, 6.07) is 183. The molecule has 0 amide bonds. The molecule has 0 aliphatic carbocycles. The minimum atomic E-state index is 0.880. The maximum atomic E-state index is 6.87. The van der Waals surface area contributed by atoms with Gasteiger partial charge in [-0.05, 0) is 218 Å². The maximum absolute atomic E-state index is 6.87. The fourth-order valence-electron chi connectivity index (χ4n) is 22.5. The number of rotatable bonds is 12. The molecule has 6 heterocycles. The van der Waals surface area contributed by atoms with Gasteiger partial charge in [0.15, 0.2) is 11.2 Å². The topological polar surface area (TPSA) is 36.0 Å². The van der Waals surface area contributed by atoms with Crippen LogP contribution in [-0.2, 0) is 0 Å². The molecule has 0 radical (unpaired) electrons. The molecule has 0 aliphatic rings. The molecule has 0 fully saturated rings. The van der Waals surface area contributed by atoms with E-state index in [1.165, 1.54) is 195 Å². The van der Waals surface area contributed by atoms with Gasteiger partial charge in [0.1, 0.15) is 11.2 Å². The molecular formula is C136H83N3O2S4. The zero-order chi connectivity index (χ0) is 95.3. The third-order valence-electron chi connectivity index (χ3n) is 29.3. The molecule has 0 atom stereocenters. The summed E-state index contributed by atoms with van der Waals surface area (Å²) in [6.07, 6.45) is 0. The number of fused-ring (bicyclic) bond motifs is 30. The summed E-state index contributed by atoms with van der Waals surface area (Å²) in [5.41, 5.74) is 20.8. The molecule has 0 unspecified atom stereocenters. The predicted octanol–water partition coefficient (Wildman–Crippen LogP) is 41.8. The van der Waals surface area contributed by atoms with Crippen LogP contribution in [0.15, 0.2) is 512 Å². The van der Waals surface area contributed by atoms with E-state index in [1.807, 2.05) is 51.4 Å². The number of hydrogen-bond donors (Lipinski definition) is 0. The van der Waals surface area contributed by atoms with Crippen molar-refractivity contribution in [2.45, 2.75) is 0 Å². The van der Waals surface area contributed by atoms with Crippen LogP contribution < -0.4 is 14.7 Å². The Hall–Kier alpha value is -17.8. The van der Waals surface area contributed by atoms with Gasteiger partial charge >= 0.3 is 0 Å². The molecule has 0 bridgehead atoms. The van der Waals surface area contributed by atoms with Gasteiger partial charge in [0.05, 0.1) is 42.5 Å². The monoisotopic (exact) mass is 1920 g/mol. The molecule has 5 nitrogen and oxygen atoms in total. The first kappa shape index (κ1) is 84.1. The highest BCUT2D eigenvalue weighted by atomic mass is 32.1. The standard InChI is InChI=1S/C48H29NOS.C48H29NS2.C40H25NOS/c1-2-12-33-28-34(21-20-30(33)10-1)31-22-25-36(26-23-31)49(41-18-9-17-40-45-37-14-5-3-11-32(37)24-27-43(45)50-47(40)41)42-29-35-13-4-6-15-38(35)46-39-16-7-8-19-44(39)51-48(42)46;1-4-16-36-30(10-1)13-8-19-37(36)33-14-7-15-34(28-33)49(35-24-27-40-42-25-22-31-11-2-5-17-38(31)46(42)50-45(40)29-35)44-21-9-20-41-43-26-23-32-12-3-6-18-39(32)47(43)51-48(41)44;1-2-10-26(11-3-1)27-20-23-29(24-21-27)41(34-17-8-15-32-31-14-6-7-19-36(31)42-39(32)34)35-18-9-16-33-38-30-13-5-4-12-28(30)22-25-37(38)43-40(33)35/h2*1-29H;1-25H. The lowest BCUT2D eigenvalue weighted by molar-refractivity contribution is 0.669. The molecule has 0 saturated heterocycles. The molecule has 0 aliphatic heterocycles. The SMILES string of the molecule is c1cc(-c2cccc3ccccc23)cc(N(c2ccc3c(c2)sc2c4ccccc4ccc32)c2cccc3c2sc2c4ccccc4ccc32)c1.c1ccc(-c2ccc(N(c3cccc4c3oc3ccccc34)c3cccc4c3sc3ccc5ccccc5c34)cc2)cc1.c1ccc2cc(-c3ccc(N(c4cccc5c4oc4ccc6ccccc6c45)c4cc5ccccc5c5c4sc4ccccc45)cc3)ccc2c1. The van der Waals surface area contributed by atoms with Gasteiger partial charge in [-0.2, -0.15) is 0 Å². The van der Waals surface area contributed by atoms with Crippen LogP contribution in [0.3, 0.4) is 0 Å². The summed E-state index contributed by atoms with van der Waals surface area (Å²) in [7, 11) is 0. The van der Waals surface area contributed by atoms with Crippen molar-refractivity contribution < 1.29 is 8.83 Å². The van der Waals surface area contributed by atoms with Gasteiger partial charge in [0.25, 0.3) is 0 Å². The van der Waals surface area contributed by atoms with E-state index in [9.17, 15) is 0 Å². The molecule has 31 rings (SSSR count). The van der Waals surface area contributed by atoms with Crippen molar-refractivity contribution in [1.82, 2.24) is 0 Å². The van der Waals surface area contributed by atoms with Crippen LogP contribution in [0.25, 0.3) is 233 Å². The molecule has 31 aromatic rings. The van der Waals surface area contributed by atoms with E-state index in [0.717, 1.165) is 89.4 Å². The van der Waals surface area contributed by atoms with Gasteiger partial charge in [0, 0.05) is 111 Å². The zero-order valence-electron chi connectivity index (χ0n) is 78.2. The van der Waals surface area contributed by atoms with Crippen LogP contribution in [0.5, 0.6) is 0 Å². The number of anilines is 9. The van der Waals surface area contributed by atoms with Crippen LogP contribution >= 0.6 is 45.3 Å². The van der Waals surface area contributed by atoms with Crippen molar-refractivity contribution in [3.8, 4) is 33.4 Å². The van der Waals surface area contributed by atoms with E-state index in [0.29, 0.717) is 0 Å². The van der Waals surface area contributed by atoms with Crippen LogP contribution in [0, 0.1) is 0 Å². The lowest BCUT2D eigenvalue weighted by Crippen LogP contribution is -2.10. The van der Waals surface area contributed by atoms with Crippen LogP contribution in [0.4, 0.5) is 51.2 Å². The fourth-order valence-corrected chi connectivity index (χ4v) is 27.6. The Balaban J connectivity index is 0.000000104. The number of thiophene rings is 4. The highest BCUT2D eigenvalue weighted by Gasteiger charge is 2.29. The minimum absolute atomic E-state index is 0.880. The largest absolute Gasteiger partial charge is 0.454 e. The van der Waals surface area contributed by atoms with E-state index in [4.69, 9.17) is 8.83 Å². The molecule has 678 valence electrons. The molecule has 6 aromatic heterocycles. The van der Waals surface area contributed by atoms with Gasteiger partial charge in [-0.1, -0.05) is 394 Å². The number of furan rings is 2. The second-order valence-electron chi connectivity index (χ2n) is 37.5. The molecule has 0 saturated carbocycles. The Labute approximate surface area is 849 Å². The lowest BCUT2D eigenvalue weighted by atomic mass is 9.97. The van der Waals surface area contributed by atoms with Gasteiger partial charge in [0.2, 0.25) is 0 Å². The summed E-state index contributed by atoms with van der Waals surface area (Å²) in [4.78, 5) is 7.27. The van der Waals surface area contributed by atoms with Crippen molar-refractivity contribution in [2.24, 2.45) is 0 Å². The van der Waals surface area contributed by atoms with Crippen molar-refractivity contribution >= 4 is 297 Å². The Morgan fingerprint density at radius 1 is 0.152 bits per heavy atom. The number of nitrogens with zero attached hydrogens (tertiary/aromatic N) is 3. The van der Waals surface area contributed by atoms with Crippen molar-refractivity contribution in [3.63, 3.8) is 0 Å². The van der Waals surface area contributed by atoms with Crippen LogP contribution in [0.2, 0.25) is 0 Å². The van der Waals surface area contributed by atoms with Crippen LogP contribution in [-0.4, -0.2) is 0 Å². The summed E-state index contributed by atoms with van der Waals surface area (Å²) in [5.74, 6) is 0. The number of hydrogen-bond acceptors (Lipinski definition) is 9. The summed E-state index contributed by atoms with van der Waals surface area (Å²) in [5, 5.41) is 32.6. The average Bonchev–Trinajstić information content (AvgIpc) is 1.59. The maximum Gasteiger partial charge on any atom is 0.159 e. The minimum Gasteiger partial charge on any atom is -0.454 e. The first-order valence-corrected chi connectivity index (χ1v) is 52.5. The first-order chi connectivity index (χ1) is 71.9. The predicted molar refractivity (Wildman–Crippen MR) is 628 cm³/mol. The molecule has 9 heteroatoms. The second-order valence-corrected chi connectivity index (χ2v) is 41.7. The van der Waals surface area contributed by atoms with E-state index in [2.05, 4.69) is 512 Å². The Morgan fingerprint density at radius 2 is 0.572 bits per heavy atom. The third-order valence-corrected chi connectivity index (χ3v) is 34.2. The van der Waals surface area contributed by atoms with E-state index < -0.39 is 0 Å². The van der Waals surface area contributed by atoms with E-state index >= 15 is 0 Å². The molecule has 0 N–H and O–H groups in total. The third kappa shape index (κ3) is 14.1. The van der Waals surface area contributed by atoms with Crippen molar-refractivity contribution in [1.29, 1.82) is 0 Å². The quantitative estimate of drug-likeness (QED) is 0.122. The number of benzene rings is 25. The summed E-state index contributed by atoms with van der Waals surface area (Å²) in [6.45, 7) is 0. The molecular weight excluding hydrogens is 1840 g/mol. The second kappa shape index (κ2) is 34.6. The zero-order valence-corrected chi connectivity index (χ0v) is 81.5. The average molecular weight is 1920 g/mol. The Kier molecular flexibility index (Phi) is 20.1. The van der Waals surface area contributed by atoms with Gasteiger partial charge in [-0.25, -0.2) is 0 Å². The Morgan fingerprint density at radius 3 is 1.29 bits per heavy atom. The highest BCUT2D eigenvalue weighted by Crippen LogP contribution is 2.56. The fraction of sp³-hybridized carbons (Fsp3) is 0. The normalized spacial score (nSPS) is 11.9. The van der Waals surface area contributed by atoms with Crippen molar-refractivity contribution in [2.75, 3.05) is 14.7 Å². The van der Waals surface area contributed by atoms with Gasteiger partial charge in [-0.3, -0.25) is 0 Å². The van der Waals surface area contributed by atoms with Gasteiger partial charge in [-0.15, -0.1) is 45.3 Å². The smallest absolute Gasteiger partial charge is 0.159 e. The molecule has 0 spiro atoms. The van der Waals surface area contributed by atoms with Crippen LogP contribution in [0.1, 0.15) is 0 Å². The Bertz CT molecular complexity index is 10700. The van der Waals surface area contributed by atoms with Crippen molar-refractivity contribution in [3.05, 3.63) is 504 Å². The van der Waals surface area contributed by atoms with Gasteiger partial charge < -0.3 is 23.5 Å². The molecule has 25 aromatic carbocycles. The lowest BCUT2D eigenvalue weighted by Gasteiger charge is -2.27. The summed E-state index contributed by atoms with van der Waals surface area (Å²) >= 11 is 7.53. The molecule has 145 heavy (non-hydrogen) atoms.